The zero-order valence-electron chi connectivity index (χ0n) is 7.82. The van der Waals surface area contributed by atoms with E-state index in [9.17, 15) is 13.9 Å². The largest absolute Gasteiger partial charge is 0.388 e. The van der Waals surface area contributed by atoms with Crippen LogP contribution in [0.15, 0.2) is 12.4 Å². The zero-order valence-corrected chi connectivity index (χ0v) is 7.82. The molecule has 0 bridgehead atoms. The van der Waals surface area contributed by atoms with Gasteiger partial charge in [-0.15, -0.1) is 0 Å². The molecule has 1 aromatic heterocycles. The predicted molar refractivity (Wildman–Crippen MR) is 45.8 cm³/mol. The maximum atomic E-state index is 12.5. The molecular formula is C9H12F2N2O. The summed E-state index contributed by atoms with van der Waals surface area (Å²) in [4.78, 5) is 0. The fourth-order valence-electron chi connectivity index (χ4n) is 1.80. The molecule has 1 unspecified atom stereocenters. The molecule has 5 heteroatoms. The third-order valence-electron chi connectivity index (χ3n) is 2.63. The van der Waals surface area contributed by atoms with E-state index in [2.05, 4.69) is 5.10 Å². The maximum Gasteiger partial charge on any atom is 0.248 e. The van der Waals surface area contributed by atoms with Gasteiger partial charge in [-0.3, -0.25) is 4.68 Å². The van der Waals surface area contributed by atoms with Crippen molar-refractivity contribution in [2.24, 2.45) is 13.0 Å². The molecule has 1 saturated carbocycles. The quantitative estimate of drug-likeness (QED) is 0.789. The Hall–Kier alpha value is -0.970. The molecule has 1 aromatic rings. The summed E-state index contributed by atoms with van der Waals surface area (Å²) < 4.78 is 26.6. The first-order valence-electron chi connectivity index (χ1n) is 4.52. The molecule has 1 aliphatic carbocycles. The SMILES string of the molecule is Cn1cc(C(O)C2CC(F)(F)C2)cn1. The summed E-state index contributed by atoms with van der Waals surface area (Å²) in [5, 5.41) is 13.6. The van der Waals surface area contributed by atoms with E-state index in [0.29, 0.717) is 5.56 Å². The number of hydrogen-bond acceptors (Lipinski definition) is 2. The van der Waals surface area contributed by atoms with E-state index in [1.165, 1.54) is 6.20 Å². The predicted octanol–water partition coefficient (Wildman–Crippen LogP) is 1.50. The Morgan fingerprint density at radius 1 is 1.64 bits per heavy atom. The van der Waals surface area contributed by atoms with E-state index in [0.717, 1.165) is 0 Å². The average molecular weight is 202 g/mol. The van der Waals surface area contributed by atoms with Crippen molar-refractivity contribution in [2.45, 2.75) is 24.9 Å². The number of aromatic nitrogens is 2. The molecule has 14 heavy (non-hydrogen) atoms. The van der Waals surface area contributed by atoms with Crippen molar-refractivity contribution in [1.29, 1.82) is 0 Å². The fourth-order valence-corrected chi connectivity index (χ4v) is 1.80. The fraction of sp³-hybridized carbons (Fsp3) is 0.667. The molecule has 0 amide bonds. The summed E-state index contributed by atoms with van der Waals surface area (Å²) in [6.45, 7) is 0. The van der Waals surface area contributed by atoms with Crippen LogP contribution in [-0.4, -0.2) is 20.8 Å². The van der Waals surface area contributed by atoms with Gasteiger partial charge in [0.05, 0.1) is 12.3 Å². The topological polar surface area (TPSA) is 38.0 Å². The van der Waals surface area contributed by atoms with Gasteiger partial charge < -0.3 is 5.11 Å². The lowest BCUT2D eigenvalue weighted by molar-refractivity contribution is -0.142. The second kappa shape index (κ2) is 3.02. The Balaban J connectivity index is 2.00. The zero-order chi connectivity index (χ0) is 10.3. The number of nitrogens with zero attached hydrogens (tertiary/aromatic N) is 2. The van der Waals surface area contributed by atoms with Gasteiger partial charge in [0.15, 0.2) is 0 Å². The van der Waals surface area contributed by atoms with E-state index in [1.807, 2.05) is 0 Å². The van der Waals surface area contributed by atoms with E-state index in [4.69, 9.17) is 0 Å². The van der Waals surface area contributed by atoms with E-state index in [-0.39, 0.29) is 18.8 Å². The van der Waals surface area contributed by atoms with Gasteiger partial charge in [0, 0.05) is 37.6 Å². The van der Waals surface area contributed by atoms with E-state index < -0.39 is 12.0 Å². The number of aryl methyl sites for hydroxylation is 1. The van der Waals surface area contributed by atoms with Crippen molar-refractivity contribution in [3.8, 4) is 0 Å². The Labute approximate surface area is 80.3 Å². The lowest BCUT2D eigenvalue weighted by Crippen LogP contribution is -2.38. The van der Waals surface area contributed by atoms with Crippen LogP contribution in [-0.2, 0) is 7.05 Å². The van der Waals surface area contributed by atoms with Crippen LogP contribution in [0.25, 0.3) is 0 Å². The summed E-state index contributed by atoms with van der Waals surface area (Å²) in [5.74, 6) is -2.90. The van der Waals surface area contributed by atoms with Crippen molar-refractivity contribution in [1.82, 2.24) is 9.78 Å². The second-order valence-electron chi connectivity index (χ2n) is 3.92. The van der Waals surface area contributed by atoms with Crippen LogP contribution in [0.4, 0.5) is 8.78 Å². The molecule has 1 N–H and O–H groups in total. The van der Waals surface area contributed by atoms with Gasteiger partial charge >= 0.3 is 0 Å². The highest BCUT2D eigenvalue weighted by Crippen LogP contribution is 2.47. The van der Waals surface area contributed by atoms with Crippen LogP contribution in [0, 0.1) is 5.92 Å². The monoisotopic (exact) mass is 202 g/mol. The molecule has 3 nitrogen and oxygen atoms in total. The van der Waals surface area contributed by atoms with Crippen LogP contribution >= 0.6 is 0 Å². The van der Waals surface area contributed by atoms with E-state index in [1.54, 1.807) is 17.9 Å². The third kappa shape index (κ3) is 1.64. The molecule has 0 spiro atoms. The lowest BCUT2D eigenvalue weighted by Gasteiger charge is -2.37. The van der Waals surface area contributed by atoms with Crippen molar-refractivity contribution in [3.63, 3.8) is 0 Å². The molecular weight excluding hydrogens is 190 g/mol. The number of hydrogen-bond donors (Lipinski definition) is 1. The molecule has 0 radical (unpaired) electrons. The van der Waals surface area contributed by atoms with Crippen LogP contribution in [0.2, 0.25) is 0 Å². The molecule has 1 atom stereocenters. The van der Waals surface area contributed by atoms with Crippen molar-refractivity contribution >= 4 is 0 Å². The van der Waals surface area contributed by atoms with Gasteiger partial charge in [-0.25, -0.2) is 8.78 Å². The summed E-state index contributed by atoms with van der Waals surface area (Å²) in [5.41, 5.74) is 0.619. The Morgan fingerprint density at radius 3 is 2.71 bits per heavy atom. The van der Waals surface area contributed by atoms with Crippen LogP contribution in [0.1, 0.15) is 24.5 Å². The maximum absolute atomic E-state index is 12.5. The molecule has 1 fully saturated rings. The van der Waals surface area contributed by atoms with Gasteiger partial charge in [0.1, 0.15) is 0 Å². The number of aliphatic hydroxyl groups excluding tert-OH is 1. The minimum Gasteiger partial charge on any atom is -0.388 e. The lowest BCUT2D eigenvalue weighted by atomic mass is 9.76. The van der Waals surface area contributed by atoms with Gasteiger partial charge in [0.2, 0.25) is 5.92 Å². The first-order chi connectivity index (χ1) is 6.48. The van der Waals surface area contributed by atoms with Crippen LogP contribution in [0.3, 0.4) is 0 Å². The van der Waals surface area contributed by atoms with Gasteiger partial charge in [-0.05, 0) is 0 Å². The first kappa shape index (κ1) is 9.58. The Bertz CT molecular complexity index is 329. The minimum atomic E-state index is -2.58. The standard InChI is InChI=1S/C9H12F2N2O/c1-13-5-7(4-12-13)8(14)6-2-9(10,11)3-6/h4-6,8,14H,2-3H2,1H3. The third-order valence-corrected chi connectivity index (χ3v) is 2.63. The molecule has 1 aliphatic rings. The molecule has 78 valence electrons. The number of aliphatic hydroxyl groups is 1. The Kier molecular flexibility index (Phi) is 2.06. The summed E-state index contributed by atoms with van der Waals surface area (Å²) in [7, 11) is 1.73. The van der Waals surface area contributed by atoms with Gasteiger partial charge in [0.25, 0.3) is 0 Å². The highest BCUT2D eigenvalue weighted by atomic mass is 19.3. The highest BCUT2D eigenvalue weighted by Gasteiger charge is 2.48. The number of alkyl halides is 2. The first-order valence-corrected chi connectivity index (χ1v) is 4.52. The Morgan fingerprint density at radius 2 is 2.29 bits per heavy atom. The molecule has 1 heterocycles. The van der Waals surface area contributed by atoms with Crippen LogP contribution < -0.4 is 0 Å². The molecule has 0 aliphatic heterocycles. The van der Waals surface area contributed by atoms with Crippen molar-refractivity contribution < 1.29 is 13.9 Å². The number of rotatable bonds is 2. The second-order valence-corrected chi connectivity index (χ2v) is 3.92. The summed E-state index contributed by atoms with van der Waals surface area (Å²) >= 11 is 0. The van der Waals surface area contributed by atoms with Crippen LogP contribution in [0.5, 0.6) is 0 Å². The highest BCUT2D eigenvalue weighted by molar-refractivity contribution is 5.11. The summed E-state index contributed by atoms with van der Waals surface area (Å²) in [6.07, 6.45) is 1.93. The van der Waals surface area contributed by atoms with Gasteiger partial charge in [-0.1, -0.05) is 0 Å². The average Bonchev–Trinajstić information content (AvgIpc) is 2.46. The number of halogens is 2. The molecule has 0 saturated heterocycles. The normalized spacial score (nSPS) is 23.1. The van der Waals surface area contributed by atoms with Crippen molar-refractivity contribution in [2.75, 3.05) is 0 Å². The summed E-state index contributed by atoms with van der Waals surface area (Å²) in [6, 6.07) is 0. The van der Waals surface area contributed by atoms with E-state index >= 15 is 0 Å². The smallest absolute Gasteiger partial charge is 0.248 e. The minimum absolute atomic E-state index is 0.219. The molecule has 2 rings (SSSR count). The van der Waals surface area contributed by atoms with Gasteiger partial charge in [-0.2, -0.15) is 5.10 Å². The van der Waals surface area contributed by atoms with Crippen molar-refractivity contribution in [3.05, 3.63) is 18.0 Å². The molecule has 0 aromatic carbocycles.